The van der Waals surface area contributed by atoms with Gasteiger partial charge in [-0.25, -0.2) is 6.07 Å². The number of amides is 2. The van der Waals surface area contributed by atoms with Crippen molar-refractivity contribution in [2.24, 2.45) is 28.3 Å². The number of aliphatic imine (C=N–C) groups is 1. The van der Waals surface area contributed by atoms with Gasteiger partial charge in [0.05, 0.1) is 6.04 Å². The maximum atomic E-state index is 13.3. The van der Waals surface area contributed by atoms with Crippen molar-refractivity contribution in [3.8, 4) is 5.75 Å². The van der Waals surface area contributed by atoms with Gasteiger partial charge in [-0.1, -0.05) is 26.0 Å². The molecule has 1 fully saturated rings. The second-order valence-electron chi connectivity index (χ2n) is 11.7. The van der Waals surface area contributed by atoms with Crippen LogP contribution in [0, 0.1) is 11.8 Å². The van der Waals surface area contributed by atoms with Crippen molar-refractivity contribution < 1.29 is 29.0 Å². The second-order valence-corrected chi connectivity index (χ2v) is 11.7. The number of Topliss-reactive ketones (excluding diaryl/α,β-unsaturated/α-hetero) is 1. The first-order valence-corrected chi connectivity index (χ1v) is 15.2. The number of hydrogen-bond acceptors (Lipinski definition) is 7. The fourth-order valence-corrected chi connectivity index (χ4v) is 5.84. The average molecular weight is 638 g/mol. The van der Waals surface area contributed by atoms with Crippen molar-refractivity contribution >= 4 is 39.6 Å². The van der Waals surface area contributed by atoms with E-state index in [-0.39, 0.29) is 37.4 Å². The van der Waals surface area contributed by atoms with Gasteiger partial charge in [0.1, 0.15) is 18.0 Å². The van der Waals surface area contributed by atoms with E-state index >= 15 is 0 Å². The average Bonchev–Trinajstić information content (AvgIpc) is 2.98. The summed E-state index contributed by atoms with van der Waals surface area (Å²) >= 11 is 0. The predicted octanol–water partition coefficient (Wildman–Crippen LogP) is 3.28. The molecule has 12 nitrogen and oxygen atoms in total. The minimum atomic E-state index is -1.24. The Hall–Kier alpha value is -3.24. The summed E-state index contributed by atoms with van der Waals surface area (Å²) in [6.45, 7) is 6.35. The SMILES string of the molecule is CC[C@@H](c1cccc(OC(=O)N2CCCCC2CNC(=O)[C@H](CCCN=C(N)N)CC(=O)CC(=O)O)c1)[C@@H](C)CN(C)C.[3H][PH-]. The number of guanidine groups is 1. The number of carboxylic acid groups (broad SMARTS) is 1. The number of nitrogens with zero attached hydrogens (tertiary/aromatic N) is 3. The van der Waals surface area contributed by atoms with Gasteiger partial charge in [-0.2, -0.15) is 0 Å². The predicted molar refractivity (Wildman–Crippen MR) is 176 cm³/mol. The van der Waals surface area contributed by atoms with Crippen molar-refractivity contribution in [2.45, 2.75) is 77.2 Å². The van der Waals surface area contributed by atoms with Crippen LogP contribution in [-0.2, 0) is 14.4 Å². The zero-order valence-corrected chi connectivity index (χ0v) is 27.6. The standard InChI is InChI=1S/C31H50N6O6.H2P/c1-5-27(21(2)20-36(3)4)22-10-8-13-26(17-22)43-31(42)37-15-7-6-12-24(37)19-35-29(41)23(11-9-14-34-30(32)33)16-25(38)18-28(39)40;/h8,10,13,17,21,23-24,27H,5-7,9,11-12,14-16,18-20H2,1-4H3,(H,35,41)(H,39,40)(H4,32,33,34);1H2/q;-1/t21-,23+,24?,27+;/m0./s1/i;1T. The molecule has 0 bridgehead atoms. The molecule has 1 aliphatic heterocycles. The number of likely N-dealkylation sites (tertiary alicyclic amines) is 1. The molecule has 0 aliphatic carbocycles. The Labute approximate surface area is 266 Å². The summed E-state index contributed by atoms with van der Waals surface area (Å²) in [5.74, 6) is -1.68. The fourth-order valence-electron chi connectivity index (χ4n) is 5.84. The van der Waals surface area contributed by atoms with Gasteiger partial charge in [-0.3, -0.25) is 19.4 Å². The molecule has 1 aliphatic rings. The van der Waals surface area contributed by atoms with Gasteiger partial charge in [-0.15, -0.1) is 0 Å². The summed E-state index contributed by atoms with van der Waals surface area (Å²) < 4.78 is 11.4. The molecule has 1 saturated heterocycles. The topological polar surface area (TPSA) is 181 Å². The monoisotopic (exact) mass is 637 g/mol. The fraction of sp³-hybridized carbons (Fsp3) is 0.645. The third kappa shape index (κ3) is 13.6. The molecule has 0 saturated carbocycles. The van der Waals surface area contributed by atoms with Crippen LogP contribution < -0.4 is 21.5 Å². The summed E-state index contributed by atoms with van der Waals surface area (Å²) in [5.41, 5.74) is 11.9. The van der Waals surface area contributed by atoms with Crippen molar-refractivity contribution in [3.05, 3.63) is 29.8 Å². The molecular weight excluding hydrogens is 583 g/mol. The minimum Gasteiger partial charge on any atom is -0.577 e. The van der Waals surface area contributed by atoms with Gasteiger partial charge in [0.15, 0.2) is 5.96 Å². The molecule has 2 amide bonds. The lowest BCUT2D eigenvalue weighted by atomic mass is 9.85. The van der Waals surface area contributed by atoms with E-state index < -0.39 is 30.2 Å². The van der Waals surface area contributed by atoms with Crippen molar-refractivity contribution in [1.29, 1.82) is 1.28 Å². The smallest absolute Gasteiger partial charge is 0.415 e. The minimum absolute atomic E-state index is 0.0666. The summed E-state index contributed by atoms with van der Waals surface area (Å²) in [6, 6.07) is 7.45. The summed E-state index contributed by atoms with van der Waals surface area (Å²) in [6.07, 6.45) is 2.86. The van der Waals surface area contributed by atoms with E-state index in [1.807, 2.05) is 12.1 Å². The molecule has 0 radical (unpaired) electrons. The maximum Gasteiger partial charge on any atom is 0.415 e. The Kier molecular flexibility index (Phi) is 16.7. The third-order valence-corrected chi connectivity index (χ3v) is 7.84. The highest BCUT2D eigenvalue weighted by molar-refractivity contribution is 6.92. The van der Waals surface area contributed by atoms with Gasteiger partial charge in [-0.05, 0) is 82.2 Å². The van der Waals surface area contributed by atoms with Crippen LogP contribution in [0.3, 0.4) is 0 Å². The maximum absolute atomic E-state index is 13.3. The first kappa shape index (κ1) is 36.9. The summed E-state index contributed by atoms with van der Waals surface area (Å²) in [7, 11) is 6.35. The Bertz CT molecular complexity index is 1120. The van der Waals surface area contributed by atoms with Crippen LogP contribution in [0.25, 0.3) is 0 Å². The van der Waals surface area contributed by atoms with Gasteiger partial charge in [0.2, 0.25) is 5.91 Å². The van der Waals surface area contributed by atoms with Crippen LogP contribution in [-0.4, -0.2) is 92.2 Å². The molecule has 6 N–H and O–H groups in total. The van der Waals surface area contributed by atoms with Crippen LogP contribution in [0.15, 0.2) is 29.3 Å². The van der Waals surface area contributed by atoms with Crippen molar-refractivity contribution in [2.75, 3.05) is 40.3 Å². The Balaban J connectivity index is 0.00000496. The lowest BCUT2D eigenvalue weighted by molar-refractivity contribution is -0.141. The number of ether oxygens (including phenoxy) is 1. The lowest BCUT2D eigenvalue weighted by Gasteiger charge is -2.35. The molecule has 4 atom stereocenters. The molecule has 1 aromatic carbocycles. The highest BCUT2D eigenvalue weighted by Crippen LogP contribution is 2.31. The number of benzene rings is 1. The first-order chi connectivity index (χ1) is 21.4. The Morgan fingerprint density at radius 3 is 2.61 bits per heavy atom. The van der Waals surface area contributed by atoms with Crippen LogP contribution in [0.1, 0.15) is 76.7 Å². The van der Waals surface area contributed by atoms with Crippen molar-refractivity contribution in [3.63, 3.8) is 0 Å². The van der Waals surface area contributed by atoms with E-state index in [0.717, 1.165) is 31.4 Å². The molecule has 0 aromatic heterocycles. The highest BCUT2D eigenvalue weighted by atomic mass is 31.0. The number of carboxylic acids is 1. The van der Waals surface area contributed by atoms with Crippen LogP contribution >= 0.6 is 9.84 Å². The number of nitrogens with one attached hydrogen (secondary N) is 1. The number of piperidine rings is 1. The van der Waals surface area contributed by atoms with E-state index in [0.29, 0.717) is 43.4 Å². The second kappa shape index (κ2) is 19.9. The van der Waals surface area contributed by atoms with E-state index in [1.165, 1.54) is 0 Å². The molecule has 1 aromatic rings. The number of carbonyl (C=O) groups is 4. The number of nitrogens with two attached hydrogens (primary N) is 2. The molecule has 13 heteroatoms. The normalized spacial score (nSPS) is 16.8. The molecule has 0 spiro atoms. The lowest BCUT2D eigenvalue weighted by Crippen LogP contribution is -2.51. The first-order valence-electron chi connectivity index (χ1n) is 15.7. The van der Waals surface area contributed by atoms with Crippen LogP contribution in [0.4, 0.5) is 4.79 Å². The van der Waals surface area contributed by atoms with E-state index in [9.17, 15) is 19.2 Å². The molecule has 1 unspecified atom stereocenters. The highest BCUT2D eigenvalue weighted by Gasteiger charge is 2.30. The van der Waals surface area contributed by atoms with Gasteiger partial charge in [0.25, 0.3) is 0 Å². The quantitative estimate of drug-likeness (QED) is 0.0655. The molecule has 2 rings (SSSR count). The number of hydrogen-bond donors (Lipinski definition) is 4. The van der Waals surface area contributed by atoms with Gasteiger partial charge >= 0.3 is 12.1 Å². The molecule has 1 heterocycles. The van der Waals surface area contributed by atoms with Crippen molar-refractivity contribution in [1.82, 2.24) is 15.1 Å². The Morgan fingerprint density at radius 2 is 1.98 bits per heavy atom. The molecular formula is C31H52N6O6P-. The molecule has 248 valence electrons. The summed E-state index contributed by atoms with van der Waals surface area (Å²) in [4.78, 5) is 57.4. The number of ketones is 1. The van der Waals surface area contributed by atoms with Crippen LogP contribution in [0.2, 0.25) is 0 Å². The summed E-state index contributed by atoms with van der Waals surface area (Å²) in [5, 5.41) is 11.9. The zero-order valence-electron chi connectivity index (χ0n) is 27.6. The van der Waals surface area contributed by atoms with E-state index in [2.05, 4.69) is 59.1 Å². The largest absolute Gasteiger partial charge is 0.577 e. The Morgan fingerprint density at radius 1 is 1.25 bits per heavy atom. The number of carbonyl (C=O) groups excluding carboxylic acids is 3. The third-order valence-electron chi connectivity index (χ3n) is 7.84. The van der Waals surface area contributed by atoms with Gasteiger partial charge in [0, 0.05) is 38.5 Å². The number of rotatable bonds is 17. The number of aliphatic carboxylic acids is 1. The van der Waals surface area contributed by atoms with E-state index in [1.54, 1.807) is 11.0 Å². The van der Waals surface area contributed by atoms with E-state index in [4.69, 9.17) is 22.6 Å². The van der Waals surface area contributed by atoms with Gasteiger partial charge < -0.3 is 46.3 Å². The molecule has 44 heavy (non-hydrogen) atoms. The van der Waals surface area contributed by atoms with Crippen LogP contribution in [0.5, 0.6) is 5.75 Å². The zero-order chi connectivity index (χ0) is 33.9.